The second kappa shape index (κ2) is 5.62. The number of nitrogens with two attached hydrogens (primary N) is 1. The van der Waals surface area contributed by atoms with Crippen molar-refractivity contribution in [3.63, 3.8) is 0 Å². The van der Waals surface area contributed by atoms with Crippen molar-refractivity contribution in [2.75, 3.05) is 6.54 Å². The maximum Gasteiger partial charge on any atom is 0.116 e. The van der Waals surface area contributed by atoms with Crippen molar-refractivity contribution in [1.29, 1.82) is 0 Å². The van der Waals surface area contributed by atoms with Crippen LogP contribution in [0.25, 0.3) is 22.1 Å². The first kappa shape index (κ1) is 13.6. The first-order valence-electron chi connectivity index (χ1n) is 7.36. The highest BCUT2D eigenvalue weighted by Crippen LogP contribution is 2.28. The Hall–Kier alpha value is -3.06. The van der Waals surface area contributed by atoms with E-state index >= 15 is 0 Å². The lowest BCUT2D eigenvalue weighted by Crippen LogP contribution is -2.03. The third-order valence-corrected chi connectivity index (χ3v) is 3.62. The van der Waals surface area contributed by atoms with Crippen LogP contribution in [0.4, 0.5) is 11.4 Å². The van der Waals surface area contributed by atoms with Crippen LogP contribution in [0, 0.1) is 0 Å². The minimum absolute atomic E-state index is 0.553. The molecule has 4 rings (SSSR count). The molecule has 0 aliphatic carbocycles. The smallest absolute Gasteiger partial charge is 0.116 e. The highest BCUT2D eigenvalue weighted by Gasteiger charge is 2.07. The van der Waals surface area contributed by atoms with Gasteiger partial charge in [-0.05, 0) is 30.8 Å². The molecule has 114 valence electrons. The molecule has 0 radical (unpaired) electrons. The van der Waals surface area contributed by atoms with Gasteiger partial charge in [-0.25, -0.2) is 9.97 Å². The molecular formula is C16H15N7. The third-order valence-electron chi connectivity index (χ3n) is 3.62. The second-order valence-corrected chi connectivity index (χ2v) is 5.17. The van der Waals surface area contributed by atoms with Crippen LogP contribution in [0.2, 0.25) is 0 Å². The van der Waals surface area contributed by atoms with Crippen LogP contribution < -0.4 is 5.73 Å². The van der Waals surface area contributed by atoms with Gasteiger partial charge in [0.25, 0.3) is 0 Å². The van der Waals surface area contributed by atoms with Crippen molar-refractivity contribution >= 4 is 33.4 Å². The summed E-state index contributed by atoms with van der Waals surface area (Å²) in [6.07, 6.45) is 2.36. The van der Waals surface area contributed by atoms with E-state index in [-0.39, 0.29) is 0 Å². The molecule has 2 aromatic carbocycles. The number of aromatic nitrogens is 4. The van der Waals surface area contributed by atoms with Gasteiger partial charge in [0, 0.05) is 6.42 Å². The van der Waals surface area contributed by atoms with Crippen LogP contribution in [0.5, 0.6) is 0 Å². The Balaban J connectivity index is 1.76. The van der Waals surface area contributed by atoms with Crippen LogP contribution >= 0.6 is 0 Å². The van der Waals surface area contributed by atoms with E-state index < -0.39 is 0 Å². The molecule has 0 aliphatic rings. The fourth-order valence-corrected chi connectivity index (χ4v) is 2.54. The molecule has 0 unspecified atom stereocenters. The summed E-state index contributed by atoms with van der Waals surface area (Å²) in [7, 11) is 0. The lowest BCUT2D eigenvalue weighted by molar-refractivity contribution is 0.900. The van der Waals surface area contributed by atoms with Gasteiger partial charge in [-0.15, -0.1) is 10.2 Å². The van der Waals surface area contributed by atoms with Gasteiger partial charge in [0.1, 0.15) is 28.2 Å². The zero-order valence-electron chi connectivity index (χ0n) is 12.3. The molecule has 7 heteroatoms. The fraction of sp³-hybridized carbons (Fsp3) is 0.125. The Bertz CT molecular complexity index is 996. The monoisotopic (exact) mass is 305 g/mol. The summed E-state index contributed by atoms with van der Waals surface area (Å²) in [4.78, 5) is 15.1. The number of azo groups is 1. The SMILES string of the molecule is NCCc1nc2c(N=Nc3cccc4[nH]cnc34)cccc2[nH]1. The number of fused-ring (bicyclic) bond motifs is 2. The number of benzene rings is 2. The summed E-state index contributed by atoms with van der Waals surface area (Å²) in [5, 5.41) is 8.71. The average Bonchev–Trinajstić information content (AvgIpc) is 3.19. The van der Waals surface area contributed by atoms with E-state index in [1.165, 1.54) is 0 Å². The van der Waals surface area contributed by atoms with E-state index in [1.807, 2.05) is 36.4 Å². The molecule has 2 aromatic heterocycles. The van der Waals surface area contributed by atoms with Gasteiger partial charge < -0.3 is 15.7 Å². The normalized spacial score (nSPS) is 11.9. The number of hydrogen-bond acceptors (Lipinski definition) is 5. The Labute approximate surface area is 131 Å². The Morgan fingerprint density at radius 3 is 2.48 bits per heavy atom. The fourth-order valence-electron chi connectivity index (χ4n) is 2.54. The van der Waals surface area contributed by atoms with Crippen molar-refractivity contribution in [3.8, 4) is 0 Å². The maximum atomic E-state index is 5.59. The quantitative estimate of drug-likeness (QED) is 0.503. The van der Waals surface area contributed by atoms with E-state index in [1.54, 1.807) is 6.33 Å². The van der Waals surface area contributed by atoms with E-state index in [0.717, 1.165) is 39.3 Å². The van der Waals surface area contributed by atoms with Crippen molar-refractivity contribution < 1.29 is 0 Å². The molecule has 0 aliphatic heterocycles. The van der Waals surface area contributed by atoms with Crippen LogP contribution in [0.3, 0.4) is 0 Å². The molecule has 0 saturated carbocycles. The summed E-state index contributed by atoms with van der Waals surface area (Å²) < 4.78 is 0. The topological polar surface area (TPSA) is 108 Å². The molecule has 4 aromatic rings. The molecule has 23 heavy (non-hydrogen) atoms. The molecule has 0 amide bonds. The lowest BCUT2D eigenvalue weighted by Gasteiger charge is -1.96. The molecule has 0 spiro atoms. The molecular weight excluding hydrogens is 290 g/mol. The molecule has 0 saturated heterocycles. The molecule has 4 N–H and O–H groups in total. The Morgan fingerprint density at radius 2 is 1.70 bits per heavy atom. The highest BCUT2D eigenvalue weighted by atomic mass is 15.1. The van der Waals surface area contributed by atoms with Crippen LogP contribution in [0.15, 0.2) is 53.0 Å². The summed E-state index contributed by atoms with van der Waals surface area (Å²) >= 11 is 0. The Kier molecular flexibility index (Phi) is 3.32. The third kappa shape index (κ3) is 2.47. The molecule has 0 bridgehead atoms. The van der Waals surface area contributed by atoms with Crippen LogP contribution in [-0.2, 0) is 6.42 Å². The first-order chi connectivity index (χ1) is 11.3. The zero-order valence-corrected chi connectivity index (χ0v) is 12.3. The number of nitrogens with one attached hydrogen (secondary N) is 2. The van der Waals surface area contributed by atoms with E-state index in [0.29, 0.717) is 13.0 Å². The van der Waals surface area contributed by atoms with Gasteiger partial charge in [0.2, 0.25) is 0 Å². The molecule has 7 nitrogen and oxygen atoms in total. The number of para-hydroxylation sites is 2. The van der Waals surface area contributed by atoms with Gasteiger partial charge in [0.05, 0.1) is 17.4 Å². The number of aromatic amines is 2. The maximum absolute atomic E-state index is 5.59. The summed E-state index contributed by atoms with van der Waals surface area (Å²) in [6.45, 7) is 0.553. The van der Waals surface area contributed by atoms with Crippen LogP contribution in [-0.4, -0.2) is 26.5 Å². The number of imidazole rings is 2. The highest BCUT2D eigenvalue weighted by molar-refractivity contribution is 5.88. The largest absolute Gasteiger partial charge is 0.345 e. The molecule has 0 atom stereocenters. The summed E-state index contributed by atoms with van der Waals surface area (Å²) in [5.74, 6) is 0.861. The van der Waals surface area contributed by atoms with Gasteiger partial charge in [0.15, 0.2) is 0 Å². The second-order valence-electron chi connectivity index (χ2n) is 5.17. The van der Waals surface area contributed by atoms with E-state index in [2.05, 4.69) is 30.2 Å². The molecule has 0 fully saturated rings. The van der Waals surface area contributed by atoms with E-state index in [4.69, 9.17) is 5.73 Å². The van der Waals surface area contributed by atoms with Crippen molar-refractivity contribution in [3.05, 3.63) is 48.5 Å². The number of H-pyrrole nitrogens is 2. The summed E-state index contributed by atoms with van der Waals surface area (Å²) in [6, 6.07) is 11.5. The lowest BCUT2D eigenvalue weighted by atomic mass is 10.3. The zero-order chi connectivity index (χ0) is 15.6. The summed E-state index contributed by atoms with van der Waals surface area (Å²) in [5.41, 5.74) is 10.5. The van der Waals surface area contributed by atoms with Gasteiger partial charge in [-0.1, -0.05) is 12.1 Å². The number of hydrogen-bond donors (Lipinski definition) is 3. The van der Waals surface area contributed by atoms with Crippen molar-refractivity contribution in [2.24, 2.45) is 16.0 Å². The van der Waals surface area contributed by atoms with Gasteiger partial charge in [-0.3, -0.25) is 0 Å². The molecule has 2 heterocycles. The van der Waals surface area contributed by atoms with Crippen molar-refractivity contribution in [2.45, 2.75) is 6.42 Å². The minimum atomic E-state index is 0.553. The average molecular weight is 305 g/mol. The van der Waals surface area contributed by atoms with Crippen LogP contribution in [0.1, 0.15) is 5.82 Å². The van der Waals surface area contributed by atoms with E-state index in [9.17, 15) is 0 Å². The minimum Gasteiger partial charge on any atom is -0.345 e. The van der Waals surface area contributed by atoms with Crippen molar-refractivity contribution in [1.82, 2.24) is 19.9 Å². The number of nitrogens with zero attached hydrogens (tertiary/aromatic N) is 4. The Morgan fingerprint density at radius 1 is 0.957 bits per heavy atom. The number of rotatable bonds is 4. The predicted octanol–water partition coefficient (Wildman–Crippen LogP) is 3.36. The predicted molar refractivity (Wildman–Crippen MR) is 89.1 cm³/mol. The van der Waals surface area contributed by atoms with Gasteiger partial charge in [-0.2, -0.15) is 0 Å². The van der Waals surface area contributed by atoms with Gasteiger partial charge >= 0.3 is 0 Å². The first-order valence-corrected chi connectivity index (χ1v) is 7.36. The standard InChI is InChI=1S/C16H15N7/c17-8-7-14-20-11-4-2-6-13(16(11)21-14)23-22-12-5-1-3-10-15(12)19-9-18-10/h1-6,9H,7-8,17H2,(H,18,19)(H,20,21).